The first kappa shape index (κ1) is 15.0. The molecule has 1 N–H and O–H groups in total. The van der Waals surface area contributed by atoms with Gasteiger partial charge in [-0.25, -0.2) is 0 Å². The van der Waals surface area contributed by atoms with Crippen molar-refractivity contribution < 1.29 is 9.53 Å². The fourth-order valence-corrected chi connectivity index (χ4v) is 1.77. The van der Waals surface area contributed by atoms with Gasteiger partial charge in [-0.3, -0.25) is 4.79 Å². The van der Waals surface area contributed by atoms with Crippen LogP contribution in [0, 0.1) is 0 Å². The standard InChI is InChI=1S/C14H20ClNO2/c1-3-13(9-14(17)18-4-2)16-10-11-5-7-12(15)8-6-11/h5-8,13,16H,3-4,9-10H2,1-2H3. The smallest absolute Gasteiger partial charge is 0.307 e. The molecule has 100 valence electrons. The average Bonchev–Trinajstić information content (AvgIpc) is 2.36. The van der Waals surface area contributed by atoms with Crippen LogP contribution >= 0.6 is 11.6 Å². The van der Waals surface area contributed by atoms with Crippen LogP contribution in [0.5, 0.6) is 0 Å². The van der Waals surface area contributed by atoms with Crippen LogP contribution in [0.25, 0.3) is 0 Å². The van der Waals surface area contributed by atoms with Gasteiger partial charge in [-0.05, 0) is 31.0 Å². The van der Waals surface area contributed by atoms with E-state index >= 15 is 0 Å². The summed E-state index contributed by atoms with van der Waals surface area (Å²) in [5, 5.41) is 4.08. The predicted molar refractivity (Wildman–Crippen MR) is 73.6 cm³/mol. The number of nitrogens with one attached hydrogen (secondary N) is 1. The molecule has 3 nitrogen and oxygen atoms in total. The number of benzene rings is 1. The molecule has 1 unspecified atom stereocenters. The molecular formula is C14H20ClNO2. The summed E-state index contributed by atoms with van der Waals surface area (Å²) >= 11 is 5.82. The van der Waals surface area contributed by atoms with E-state index in [1.54, 1.807) is 0 Å². The van der Waals surface area contributed by atoms with Gasteiger partial charge in [0, 0.05) is 17.6 Å². The number of carbonyl (C=O) groups excluding carboxylic acids is 1. The molecule has 0 aromatic heterocycles. The molecule has 0 saturated carbocycles. The summed E-state index contributed by atoms with van der Waals surface area (Å²) in [6.45, 7) is 5.04. The van der Waals surface area contributed by atoms with E-state index < -0.39 is 0 Å². The third kappa shape index (κ3) is 5.52. The maximum atomic E-state index is 11.4. The monoisotopic (exact) mass is 269 g/mol. The molecule has 0 aliphatic rings. The van der Waals surface area contributed by atoms with Crippen molar-refractivity contribution >= 4 is 17.6 Å². The second-order valence-electron chi connectivity index (χ2n) is 4.12. The molecule has 1 rings (SSSR count). The highest BCUT2D eigenvalue weighted by atomic mass is 35.5. The van der Waals surface area contributed by atoms with E-state index in [-0.39, 0.29) is 12.0 Å². The van der Waals surface area contributed by atoms with Crippen LogP contribution in [0.4, 0.5) is 0 Å². The molecule has 4 heteroatoms. The third-order valence-corrected chi connectivity index (χ3v) is 2.97. The van der Waals surface area contributed by atoms with Crippen LogP contribution in [-0.2, 0) is 16.1 Å². The lowest BCUT2D eigenvalue weighted by Crippen LogP contribution is -2.31. The van der Waals surface area contributed by atoms with Gasteiger partial charge in [0.1, 0.15) is 0 Å². The number of esters is 1. The molecule has 1 aromatic carbocycles. The first-order chi connectivity index (χ1) is 8.65. The van der Waals surface area contributed by atoms with Crippen LogP contribution < -0.4 is 5.32 Å². The highest BCUT2D eigenvalue weighted by Gasteiger charge is 2.12. The maximum absolute atomic E-state index is 11.4. The van der Waals surface area contributed by atoms with Gasteiger partial charge < -0.3 is 10.1 Å². The molecule has 1 atom stereocenters. The van der Waals surface area contributed by atoms with Crippen LogP contribution in [0.2, 0.25) is 5.02 Å². The minimum absolute atomic E-state index is 0.145. The molecular weight excluding hydrogens is 250 g/mol. The Balaban J connectivity index is 2.39. The van der Waals surface area contributed by atoms with Gasteiger partial charge in [0.15, 0.2) is 0 Å². The normalized spacial score (nSPS) is 12.2. The van der Waals surface area contributed by atoms with E-state index in [0.29, 0.717) is 13.0 Å². The number of halogens is 1. The zero-order valence-corrected chi connectivity index (χ0v) is 11.7. The first-order valence-electron chi connectivity index (χ1n) is 6.29. The quantitative estimate of drug-likeness (QED) is 0.773. The third-order valence-electron chi connectivity index (χ3n) is 2.72. The average molecular weight is 270 g/mol. The lowest BCUT2D eigenvalue weighted by atomic mass is 10.1. The molecule has 1 aromatic rings. The van der Waals surface area contributed by atoms with E-state index in [0.717, 1.165) is 23.6 Å². The predicted octanol–water partition coefficient (Wildman–Crippen LogP) is 3.16. The van der Waals surface area contributed by atoms with Crippen LogP contribution in [-0.4, -0.2) is 18.6 Å². The zero-order chi connectivity index (χ0) is 13.4. The van der Waals surface area contributed by atoms with Crippen molar-refractivity contribution in [2.75, 3.05) is 6.61 Å². The highest BCUT2D eigenvalue weighted by molar-refractivity contribution is 6.30. The Morgan fingerprint density at radius 3 is 2.56 bits per heavy atom. The van der Waals surface area contributed by atoms with E-state index in [4.69, 9.17) is 16.3 Å². The summed E-state index contributed by atoms with van der Waals surface area (Å²) in [6, 6.07) is 7.84. The Bertz CT molecular complexity index is 365. The Hall–Kier alpha value is -1.06. The van der Waals surface area contributed by atoms with Crippen molar-refractivity contribution in [3.8, 4) is 0 Å². The van der Waals surface area contributed by atoms with Crippen molar-refractivity contribution in [3.05, 3.63) is 34.9 Å². The highest BCUT2D eigenvalue weighted by Crippen LogP contribution is 2.10. The fourth-order valence-electron chi connectivity index (χ4n) is 1.65. The maximum Gasteiger partial charge on any atom is 0.307 e. The lowest BCUT2D eigenvalue weighted by Gasteiger charge is -2.16. The molecule has 0 heterocycles. The van der Waals surface area contributed by atoms with Crippen molar-refractivity contribution in [2.45, 2.75) is 39.3 Å². The van der Waals surface area contributed by atoms with Crippen LogP contribution in [0.15, 0.2) is 24.3 Å². The summed E-state index contributed by atoms with van der Waals surface area (Å²) in [5.74, 6) is -0.145. The SMILES string of the molecule is CCOC(=O)CC(CC)NCc1ccc(Cl)cc1. The Labute approximate surface area is 113 Å². The Morgan fingerprint density at radius 2 is 2.00 bits per heavy atom. The minimum Gasteiger partial charge on any atom is -0.466 e. The summed E-state index contributed by atoms with van der Waals surface area (Å²) in [5.41, 5.74) is 1.15. The van der Waals surface area contributed by atoms with Gasteiger partial charge in [0.05, 0.1) is 13.0 Å². The van der Waals surface area contributed by atoms with Crippen molar-refractivity contribution in [1.29, 1.82) is 0 Å². The van der Waals surface area contributed by atoms with Gasteiger partial charge in [0.2, 0.25) is 0 Å². The van der Waals surface area contributed by atoms with Crippen molar-refractivity contribution in [3.63, 3.8) is 0 Å². The van der Waals surface area contributed by atoms with E-state index in [2.05, 4.69) is 12.2 Å². The van der Waals surface area contributed by atoms with Gasteiger partial charge in [-0.1, -0.05) is 30.7 Å². The molecule has 0 radical (unpaired) electrons. The fraction of sp³-hybridized carbons (Fsp3) is 0.500. The van der Waals surface area contributed by atoms with Gasteiger partial charge in [-0.15, -0.1) is 0 Å². The molecule has 0 bridgehead atoms. The second kappa shape index (κ2) is 8.11. The second-order valence-corrected chi connectivity index (χ2v) is 4.56. The molecule has 0 spiro atoms. The summed E-state index contributed by atoms with van der Waals surface area (Å²) in [7, 11) is 0. The van der Waals surface area contributed by atoms with E-state index in [1.165, 1.54) is 0 Å². The topological polar surface area (TPSA) is 38.3 Å². The van der Waals surface area contributed by atoms with Gasteiger partial charge in [0.25, 0.3) is 0 Å². The molecule has 0 saturated heterocycles. The molecule has 0 aliphatic heterocycles. The molecule has 0 aliphatic carbocycles. The van der Waals surface area contributed by atoms with Crippen LogP contribution in [0.1, 0.15) is 32.3 Å². The molecule has 18 heavy (non-hydrogen) atoms. The number of ether oxygens (including phenoxy) is 1. The van der Waals surface area contributed by atoms with Crippen LogP contribution in [0.3, 0.4) is 0 Å². The Morgan fingerprint density at radius 1 is 1.33 bits per heavy atom. The van der Waals surface area contributed by atoms with Gasteiger partial charge in [-0.2, -0.15) is 0 Å². The van der Waals surface area contributed by atoms with E-state index in [1.807, 2.05) is 31.2 Å². The molecule has 0 fully saturated rings. The first-order valence-corrected chi connectivity index (χ1v) is 6.67. The summed E-state index contributed by atoms with van der Waals surface area (Å²) < 4.78 is 4.95. The Kier molecular flexibility index (Phi) is 6.76. The van der Waals surface area contributed by atoms with Crippen molar-refractivity contribution in [1.82, 2.24) is 5.32 Å². The summed E-state index contributed by atoms with van der Waals surface area (Å²) in [4.78, 5) is 11.4. The molecule has 0 amide bonds. The minimum atomic E-state index is -0.145. The van der Waals surface area contributed by atoms with Crippen molar-refractivity contribution in [2.24, 2.45) is 0 Å². The van der Waals surface area contributed by atoms with Gasteiger partial charge >= 0.3 is 5.97 Å². The number of hydrogen-bond donors (Lipinski definition) is 1. The number of carbonyl (C=O) groups is 1. The number of hydrogen-bond acceptors (Lipinski definition) is 3. The zero-order valence-electron chi connectivity index (χ0n) is 10.9. The number of rotatable bonds is 7. The van der Waals surface area contributed by atoms with E-state index in [9.17, 15) is 4.79 Å². The largest absolute Gasteiger partial charge is 0.466 e. The summed E-state index contributed by atoms with van der Waals surface area (Å²) in [6.07, 6.45) is 1.31. The lowest BCUT2D eigenvalue weighted by molar-refractivity contribution is -0.143.